The normalized spacial score (nSPS) is 18.9. The number of nitrogens with zero attached hydrogens (tertiary/aromatic N) is 1. The van der Waals surface area contributed by atoms with Crippen LogP contribution in [0.4, 0.5) is 13.2 Å². The average Bonchev–Trinajstić information content (AvgIpc) is 2.65. The zero-order valence-electron chi connectivity index (χ0n) is 8.89. The van der Waals surface area contributed by atoms with Gasteiger partial charge in [-0.2, -0.15) is 13.2 Å². The van der Waals surface area contributed by atoms with Crippen molar-refractivity contribution in [1.82, 2.24) is 4.98 Å². The van der Waals surface area contributed by atoms with Gasteiger partial charge in [0.15, 0.2) is 0 Å². The zero-order valence-corrected chi connectivity index (χ0v) is 9.70. The number of thiazole rings is 1. The van der Waals surface area contributed by atoms with Gasteiger partial charge in [-0.25, -0.2) is 4.98 Å². The zero-order chi connectivity index (χ0) is 11.6. The van der Waals surface area contributed by atoms with Crippen molar-refractivity contribution in [2.24, 2.45) is 0 Å². The van der Waals surface area contributed by atoms with Crippen LogP contribution in [0.25, 0.3) is 0 Å². The Labute approximate surface area is 96.7 Å². The molecule has 5 heteroatoms. The van der Waals surface area contributed by atoms with Crippen LogP contribution in [0.1, 0.15) is 48.7 Å². The molecule has 0 aromatic carbocycles. The van der Waals surface area contributed by atoms with Gasteiger partial charge in [-0.15, -0.1) is 11.3 Å². The molecule has 0 radical (unpaired) electrons. The Kier molecular flexibility index (Phi) is 3.52. The quantitative estimate of drug-likeness (QED) is 0.761. The lowest BCUT2D eigenvalue weighted by molar-refractivity contribution is -0.127. The van der Waals surface area contributed by atoms with E-state index in [1.807, 2.05) is 0 Å². The monoisotopic (exact) mass is 249 g/mol. The minimum Gasteiger partial charge on any atom is -0.246 e. The maximum absolute atomic E-state index is 12.2. The molecule has 1 heterocycles. The molecule has 1 nitrogen and oxygen atoms in total. The summed E-state index contributed by atoms with van der Waals surface area (Å²) in [4.78, 5) is 4.12. The van der Waals surface area contributed by atoms with Crippen molar-refractivity contribution < 1.29 is 13.2 Å². The Hall–Kier alpha value is -0.580. The van der Waals surface area contributed by atoms with Crippen LogP contribution in [0.5, 0.6) is 0 Å². The van der Waals surface area contributed by atoms with Crippen LogP contribution in [0.15, 0.2) is 5.38 Å². The summed E-state index contributed by atoms with van der Waals surface area (Å²) in [5.41, 5.74) is 0.879. The van der Waals surface area contributed by atoms with E-state index in [1.165, 1.54) is 19.3 Å². The van der Waals surface area contributed by atoms with Crippen molar-refractivity contribution in [3.8, 4) is 0 Å². The first kappa shape index (κ1) is 11.9. The van der Waals surface area contributed by atoms with E-state index in [1.54, 1.807) is 5.38 Å². The Balaban J connectivity index is 2.01. The number of halogens is 3. The van der Waals surface area contributed by atoms with E-state index in [0.29, 0.717) is 5.92 Å². The molecule has 0 aliphatic heterocycles. The van der Waals surface area contributed by atoms with Gasteiger partial charge in [-0.3, -0.25) is 0 Å². The van der Waals surface area contributed by atoms with E-state index in [9.17, 15) is 13.2 Å². The first-order valence-electron chi connectivity index (χ1n) is 5.55. The fourth-order valence-corrected chi connectivity index (χ4v) is 3.07. The van der Waals surface area contributed by atoms with Crippen LogP contribution >= 0.6 is 11.3 Å². The van der Waals surface area contributed by atoms with Gasteiger partial charge in [-0.1, -0.05) is 19.3 Å². The molecule has 1 fully saturated rings. The van der Waals surface area contributed by atoms with Crippen molar-refractivity contribution in [3.05, 3.63) is 16.1 Å². The predicted molar refractivity (Wildman–Crippen MR) is 57.7 cm³/mol. The number of alkyl halides is 3. The molecular formula is C11H14F3NS. The van der Waals surface area contributed by atoms with Crippen LogP contribution in [0, 0.1) is 0 Å². The third-order valence-electron chi connectivity index (χ3n) is 2.94. The van der Waals surface area contributed by atoms with Gasteiger partial charge in [0.05, 0.1) is 12.1 Å². The second kappa shape index (κ2) is 4.73. The van der Waals surface area contributed by atoms with Crippen molar-refractivity contribution >= 4 is 11.3 Å². The number of hydrogen-bond acceptors (Lipinski definition) is 2. The highest BCUT2D eigenvalue weighted by atomic mass is 32.1. The molecule has 1 aromatic rings. The first-order valence-corrected chi connectivity index (χ1v) is 6.43. The van der Waals surface area contributed by atoms with Crippen molar-refractivity contribution in [1.29, 1.82) is 0 Å². The lowest BCUT2D eigenvalue weighted by Gasteiger charge is -2.19. The molecule has 2 rings (SSSR count). The minimum atomic E-state index is -4.14. The molecule has 1 aromatic heterocycles. The summed E-state index contributed by atoms with van der Waals surface area (Å²) in [5, 5.41) is 2.00. The highest BCUT2D eigenvalue weighted by Gasteiger charge is 2.30. The van der Waals surface area contributed by atoms with Crippen LogP contribution in [-0.2, 0) is 6.42 Å². The highest BCUT2D eigenvalue weighted by Crippen LogP contribution is 2.34. The van der Waals surface area contributed by atoms with Gasteiger partial charge < -0.3 is 0 Å². The molecule has 90 valence electrons. The van der Waals surface area contributed by atoms with Crippen molar-refractivity contribution in [2.45, 2.75) is 50.6 Å². The molecule has 0 N–H and O–H groups in total. The molecule has 1 aliphatic carbocycles. The molecule has 0 spiro atoms. The maximum Gasteiger partial charge on any atom is 0.395 e. The summed E-state index contributed by atoms with van der Waals surface area (Å²) in [6.07, 6.45) is 0.736. The minimum absolute atomic E-state index is 0.202. The lowest BCUT2D eigenvalue weighted by atomic mass is 9.87. The molecule has 0 unspecified atom stereocenters. The van der Waals surface area contributed by atoms with Crippen LogP contribution in [0.3, 0.4) is 0 Å². The standard InChI is InChI=1S/C11H14F3NS/c12-11(13,14)6-10-15-9(7-16-10)8-4-2-1-3-5-8/h7-8H,1-6H2. The summed E-state index contributed by atoms with van der Waals surface area (Å²) in [7, 11) is 0. The number of aromatic nitrogens is 1. The van der Waals surface area contributed by atoms with Crippen LogP contribution in [-0.4, -0.2) is 11.2 Å². The first-order chi connectivity index (χ1) is 7.54. The summed E-state index contributed by atoms with van der Waals surface area (Å²) >= 11 is 1.14. The Morgan fingerprint density at radius 1 is 1.25 bits per heavy atom. The van der Waals surface area contributed by atoms with Crippen molar-refractivity contribution in [3.63, 3.8) is 0 Å². The molecule has 0 atom stereocenters. The number of rotatable bonds is 2. The topological polar surface area (TPSA) is 12.9 Å². The molecular weight excluding hydrogens is 235 g/mol. The third kappa shape index (κ3) is 3.20. The fraction of sp³-hybridized carbons (Fsp3) is 0.727. The summed E-state index contributed by atoms with van der Waals surface area (Å²) in [5.74, 6) is 0.395. The van der Waals surface area contributed by atoms with E-state index >= 15 is 0 Å². The Morgan fingerprint density at radius 3 is 2.56 bits per heavy atom. The number of hydrogen-bond donors (Lipinski definition) is 0. The van der Waals surface area contributed by atoms with Crippen molar-refractivity contribution in [2.75, 3.05) is 0 Å². The van der Waals surface area contributed by atoms with Gasteiger partial charge in [-0.05, 0) is 12.8 Å². The SMILES string of the molecule is FC(F)(F)Cc1nc(C2CCCCC2)cs1. The molecule has 16 heavy (non-hydrogen) atoms. The molecule has 0 bridgehead atoms. The predicted octanol–water partition coefficient (Wildman–Crippen LogP) is 4.30. The van der Waals surface area contributed by atoms with Gasteiger partial charge in [0.1, 0.15) is 5.01 Å². The fourth-order valence-electron chi connectivity index (χ4n) is 2.16. The largest absolute Gasteiger partial charge is 0.395 e. The van der Waals surface area contributed by atoms with E-state index in [-0.39, 0.29) is 5.01 Å². The highest BCUT2D eigenvalue weighted by molar-refractivity contribution is 7.09. The van der Waals surface area contributed by atoms with E-state index in [2.05, 4.69) is 4.98 Å². The third-order valence-corrected chi connectivity index (χ3v) is 3.81. The average molecular weight is 249 g/mol. The summed E-state index contributed by atoms with van der Waals surface area (Å²) < 4.78 is 36.5. The molecule has 0 saturated heterocycles. The van der Waals surface area contributed by atoms with Gasteiger partial charge >= 0.3 is 6.18 Å². The second-order valence-corrected chi connectivity index (χ2v) is 5.24. The van der Waals surface area contributed by atoms with Crippen LogP contribution < -0.4 is 0 Å². The Bertz CT molecular complexity index is 339. The molecule has 1 saturated carbocycles. The van der Waals surface area contributed by atoms with Gasteiger partial charge in [0.2, 0.25) is 0 Å². The smallest absolute Gasteiger partial charge is 0.246 e. The van der Waals surface area contributed by atoms with Crippen LogP contribution in [0.2, 0.25) is 0 Å². The lowest BCUT2D eigenvalue weighted by Crippen LogP contribution is -2.11. The van der Waals surface area contributed by atoms with E-state index in [4.69, 9.17) is 0 Å². The molecule has 0 amide bonds. The second-order valence-electron chi connectivity index (χ2n) is 4.29. The summed E-state index contributed by atoms with van der Waals surface area (Å²) in [6.45, 7) is 0. The maximum atomic E-state index is 12.2. The van der Waals surface area contributed by atoms with Gasteiger partial charge in [0.25, 0.3) is 0 Å². The Morgan fingerprint density at radius 2 is 1.94 bits per heavy atom. The van der Waals surface area contributed by atoms with E-state index in [0.717, 1.165) is 29.9 Å². The summed E-state index contributed by atoms with van der Waals surface area (Å²) in [6, 6.07) is 0. The van der Waals surface area contributed by atoms with E-state index < -0.39 is 12.6 Å². The van der Waals surface area contributed by atoms with Gasteiger partial charge in [0, 0.05) is 11.3 Å². The molecule has 1 aliphatic rings.